The number of benzene rings is 1. The lowest BCUT2D eigenvalue weighted by molar-refractivity contribution is -0.274. The first-order valence-corrected chi connectivity index (χ1v) is 7.54. The van der Waals surface area contributed by atoms with Crippen LogP contribution in [0, 0.1) is 5.92 Å². The highest BCUT2D eigenvalue weighted by Crippen LogP contribution is 2.24. The molecule has 0 aliphatic rings. The number of halogens is 3. The van der Waals surface area contributed by atoms with Gasteiger partial charge >= 0.3 is 18.2 Å². The molecule has 0 saturated carbocycles. The second-order valence-electron chi connectivity index (χ2n) is 5.88. The quantitative estimate of drug-likeness (QED) is 0.775. The van der Waals surface area contributed by atoms with Crippen molar-refractivity contribution in [2.24, 2.45) is 5.92 Å². The maximum absolute atomic E-state index is 12.2. The molecule has 1 unspecified atom stereocenters. The van der Waals surface area contributed by atoms with Gasteiger partial charge < -0.3 is 15.4 Å². The van der Waals surface area contributed by atoms with Gasteiger partial charge in [-0.25, -0.2) is 0 Å². The first-order valence-electron chi connectivity index (χ1n) is 7.54. The number of anilines is 1. The van der Waals surface area contributed by atoms with Crippen LogP contribution in [0.1, 0.15) is 33.6 Å². The molecule has 2 amide bonds. The summed E-state index contributed by atoms with van der Waals surface area (Å²) in [7, 11) is 0. The highest BCUT2D eigenvalue weighted by molar-refractivity contribution is 6.39. The Morgan fingerprint density at radius 1 is 1.12 bits per heavy atom. The minimum Gasteiger partial charge on any atom is -0.406 e. The Morgan fingerprint density at radius 2 is 1.79 bits per heavy atom. The van der Waals surface area contributed by atoms with E-state index in [-0.39, 0.29) is 11.7 Å². The van der Waals surface area contributed by atoms with Crippen LogP contribution in [0.25, 0.3) is 0 Å². The lowest BCUT2D eigenvalue weighted by Gasteiger charge is -2.15. The number of hydrogen-bond donors (Lipinski definition) is 2. The van der Waals surface area contributed by atoms with E-state index in [9.17, 15) is 22.8 Å². The Labute approximate surface area is 138 Å². The van der Waals surface area contributed by atoms with Crippen molar-refractivity contribution >= 4 is 17.5 Å². The third-order valence-electron chi connectivity index (χ3n) is 3.09. The van der Waals surface area contributed by atoms with Crippen molar-refractivity contribution in [2.75, 3.05) is 5.32 Å². The molecule has 5 nitrogen and oxygen atoms in total. The number of amides is 2. The minimum atomic E-state index is -4.83. The second-order valence-corrected chi connectivity index (χ2v) is 5.88. The summed E-state index contributed by atoms with van der Waals surface area (Å²) < 4.78 is 40.2. The van der Waals surface area contributed by atoms with Crippen LogP contribution in [0.15, 0.2) is 24.3 Å². The number of ether oxygens (including phenoxy) is 1. The molecule has 2 N–H and O–H groups in total. The standard InChI is InChI=1S/C16H21F3N2O3/c1-10(2)7-8-11(3)20-14(22)15(23)21-12-5-4-6-13(9-12)24-16(17,18)19/h4-6,9-11H,7-8H2,1-3H3,(H,20,22)(H,21,23). The zero-order valence-electron chi connectivity index (χ0n) is 13.7. The van der Waals surface area contributed by atoms with Crippen molar-refractivity contribution in [3.05, 3.63) is 24.3 Å². The van der Waals surface area contributed by atoms with E-state index >= 15 is 0 Å². The molecule has 0 aromatic heterocycles. The van der Waals surface area contributed by atoms with Gasteiger partial charge in [0.25, 0.3) is 0 Å². The molecule has 0 heterocycles. The van der Waals surface area contributed by atoms with Gasteiger partial charge in [-0.3, -0.25) is 9.59 Å². The highest BCUT2D eigenvalue weighted by Gasteiger charge is 2.31. The molecule has 0 radical (unpaired) electrons. The van der Waals surface area contributed by atoms with Crippen molar-refractivity contribution in [3.8, 4) is 5.75 Å². The van der Waals surface area contributed by atoms with Gasteiger partial charge in [0.05, 0.1) is 0 Å². The average molecular weight is 346 g/mol. The smallest absolute Gasteiger partial charge is 0.406 e. The van der Waals surface area contributed by atoms with Gasteiger partial charge in [0, 0.05) is 17.8 Å². The number of nitrogens with one attached hydrogen (secondary N) is 2. The molecule has 1 atom stereocenters. The number of rotatable bonds is 6. The van der Waals surface area contributed by atoms with Crippen LogP contribution in [-0.4, -0.2) is 24.2 Å². The van der Waals surface area contributed by atoms with E-state index in [4.69, 9.17) is 0 Å². The van der Waals surface area contributed by atoms with Crippen molar-refractivity contribution in [2.45, 2.75) is 46.0 Å². The van der Waals surface area contributed by atoms with Gasteiger partial charge in [0.1, 0.15) is 5.75 Å². The normalized spacial score (nSPS) is 12.6. The molecule has 1 rings (SSSR count). The Bertz CT molecular complexity index is 574. The number of alkyl halides is 3. The highest BCUT2D eigenvalue weighted by atomic mass is 19.4. The molecule has 0 spiro atoms. The molecular formula is C16H21F3N2O3. The first kappa shape index (κ1) is 19.8. The van der Waals surface area contributed by atoms with Crippen LogP contribution in [0.2, 0.25) is 0 Å². The van der Waals surface area contributed by atoms with Crippen LogP contribution in [-0.2, 0) is 9.59 Å². The van der Waals surface area contributed by atoms with Gasteiger partial charge in [-0.2, -0.15) is 0 Å². The SMILES string of the molecule is CC(C)CCC(C)NC(=O)C(=O)Nc1cccc(OC(F)(F)F)c1. The largest absolute Gasteiger partial charge is 0.573 e. The van der Waals surface area contributed by atoms with Crippen molar-refractivity contribution < 1.29 is 27.5 Å². The first-order chi connectivity index (χ1) is 11.1. The molecular weight excluding hydrogens is 325 g/mol. The Balaban J connectivity index is 2.57. The minimum absolute atomic E-state index is 0.0340. The van der Waals surface area contributed by atoms with Gasteiger partial charge in [0.15, 0.2) is 0 Å². The van der Waals surface area contributed by atoms with E-state index in [1.807, 2.05) is 0 Å². The topological polar surface area (TPSA) is 67.4 Å². The maximum Gasteiger partial charge on any atom is 0.573 e. The van der Waals surface area contributed by atoms with Gasteiger partial charge in [0.2, 0.25) is 0 Å². The fraction of sp³-hybridized carbons (Fsp3) is 0.500. The summed E-state index contributed by atoms with van der Waals surface area (Å²) in [6, 6.07) is 4.54. The molecule has 0 fully saturated rings. The summed E-state index contributed by atoms with van der Waals surface area (Å²) >= 11 is 0. The summed E-state index contributed by atoms with van der Waals surface area (Å²) in [6.45, 7) is 5.89. The van der Waals surface area contributed by atoms with Crippen LogP contribution in [0.5, 0.6) is 5.75 Å². The molecule has 8 heteroatoms. The van der Waals surface area contributed by atoms with Crippen molar-refractivity contribution in [1.82, 2.24) is 5.32 Å². The second kappa shape index (κ2) is 8.56. The van der Waals surface area contributed by atoms with Crippen LogP contribution >= 0.6 is 0 Å². The lowest BCUT2D eigenvalue weighted by Crippen LogP contribution is -2.40. The maximum atomic E-state index is 12.2. The van der Waals surface area contributed by atoms with Crippen LogP contribution in [0.4, 0.5) is 18.9 Å². The zero-order valence-corrected chi connectivity index (χ0v) is 13.7. The number of hydrogen-bond acceptors (Lipinski definition) is 3. The Hall–Kier alpha value is -2.25. The third kappa shape index (κ3) is 7.85. The molecule has 0 aliphatic carbocycles. The fourth-order valence-corrected chi connectivity index (χ4v) is 1.90. The molecule has 0 aliphatic heterocycles. The van der Waals surface area contributed by atoms with E-state index in [0.29, 0.717) is 5.92 Å². The van der Waals surface area contributed by atoms with E-state index in [2.05, 4.69) is 29.2 Å². The molecule has 1 aromatic carbocycles. The summed E-state index contributed by atoms with van der Waals surface area (Å²) in [4.78, 5) is 23.6. The predicted molar refractivity (Wildman–Crippen MR) is 83.4 cm³/mol. The summed E-state index contributed by atoms with van der Waals surface area (Å²) in [6.07, 6.45) is -3.20. The third-order valence-corrected chi connectivity index (χ3v) is 3.09. The summed E-state index contributed by atoms with van der Waals surface area (Å²) in [5, 5.41) is 4.79. The lowest BCUT2D eigenvalue weighted by atomic mass is 10.0. The summed E-state index contributed by atoms with van der Waals surface area (Å²) in [5.74, 6) is -1.79. The number of carbonyl (C=O) groups is 2. The van der Waals surface area contributed by atoms with E-state index in [1.165, 1.54) is 12.1 Å². The zero-order chi connectivity index (χ0) is 18.3. The van der Waals surface area contributed by atoms with E-state index < -0.39 is 23.9 Å². The average Bonchev–Trinajstić information content (AvgIpc) is 2.43. The molecule has 0 saturated heterocycles. The number of carbonyl (C=O) groups excluding carboxylic acids is 2. The van der Waals surface area contributed by atoms with Gasteiger partial charge in [-0.1, -0.05) is 19.9 Å². The Kier molecular flexibility index (Phi) is 7.06. The molecule has 134 valence electrons. The monoisotopic (exact) mass is 346 g/mol. The van der Waals surface area contributed by atoms with Gasteiger partial charge in [-0.15, -0.1) is 13.2 Å². The van der Waals surface area contributed by atoms with Crippen LogP contribution < -0.4 is 15.4 Å². The molecule has 24 heavy (non-hydrogen) atoms. The Morgan fingerprint density at radius 3 is 2.38 bits per heavy atom. The fourth-order valence-electron chi connectivity index (χ4n) is 1.90. The van der Waals surface area contributed by atoms with E-state index in [0.717, 1.165) is 25.0 Å². The summed E-state index contributed by atoms with van der Waals surface area (Å²) in [5.41, 5.74) is 0.0340. The van der Waals surface area contributed by atoms with Crippen molar-refractivity contribution in [3.63, 3.8) is 0 Å². The van der Waals surface area contributed by atoms with E-state index in [1.54, 1.807) is 6.92 Å². The molecule has 0 bridgehead atoms. The van der Waals surface area contributed by atoms with Crippen molar-refractivity contribution in [1.29, 1.82) is 0 Å². The predicted octanol–water partition coefficient (Wildman–Crippen LogP) is 3.46. The molecule has 1 aromatic rings. The van der Waals surface area contributed by atoms with Crippen LogP contribution in [0.3, 0.4) is 0 Å². The van der Waals surface area contributed by atoms with Gasteiger partial charge in [-0.05, 0) is 37.8 Å².